The zero-order chi connectivity index (χ0) is 18.7. The van der Waals surface area contributed by atoms with Crippen molar-refractivity contribution in [3.63, 3.8) is 0 Å². The topological polar surface area (TPSA) is 68.0 Å². The van der Waals surface area contributed by atoms with Crippen molar-refractivity contribution in [3.05, 3.63) is 58.6 Å². The van der Waals surface area contributed by atoms with Gasteiger partial charge in [0.05, 0.1) is 5.25 Å². The maximum Gasteiger partial charge on any atom is 0.277 e. The van der Waals surface area contributed by atoms with Gasteiger partial charge >= 0.3 is 0 Å². The normalized spacial score (nSPS) is 12.0. The summed E-state index contributed by atoms with van der Waals surface area (Å²) >= 11 is 7.30. The molecular formula is C19H18ClN3O2S. The third-order valence-corrected chi connectivity index (χ3v) is 5.19. The predicted molar refractivity (Wildman–Crippen MR) is 105 cm³/mol. The first-order chi connectivity index (χ1) is 12.4. The standard InChI is InChI=1S/C19H18ClN3O2S/c1-11-6-4-7-14(10-11)18-22-23-19(25-18)26-13(3)17(24)21-16-9-5-8-15(20)12(16)2/h4-10,13H,1-3H3,(H,21,24)/t13-/m1/s1. The summed E-state index contributed by atoms with van der Waals surface area (Å²) in [5, 5.41) is 11.5. The van der Waals surface area contributed by atoms with Crippen LogP contribution in [0.25, 0.3) is 11.5 Å². The van der Waals surface area contributed by atoms with Crippen LogP contribution in [0.2, 0.25) is 5.02 Å². The molecule has 1 N–H and O–H groups in total. The van der Waals surface area contributed by atoms with Crippen LogP contribution in [0.5, 0.6) is 0 Å². The smallest absolute Gasteiger partial charge is 0.277 e. The fraction of sp³-hybridized carbons (Fsp3) is 0.211. The van der Waals surface area contributed by atoms with Crippen molar-refractivity contribution in [2.45, 2.75) is 31.2 Å². The van der Waals surface area contributed by atoms with Crippen LogP contribution in [0.1, 0.15) is 18.1 Å². The molecule has 3 aromatic rings. The SMILES string of the molecule is Cc1cccc(-c2nnc(S[C@H](C)C(=O)Nc3cccc(Cl)c3C)o2)c1. The first-order valence-corrected chi connectivity index (χ1v) is 9.33. The molecular weight excluding hydrogens is 370 g/mol. The summed E-state index contributed by atoms with van der Waals surface area (Å²) in [7, 11) is 0. The van der Waals surface area contributed by atoms with Crippen molar-refractivity contribution >= 4 is 35.0 Å². The lowest BCUT2D eigenvalue weighted by molar-refractivity contribution is -0.115. The molecule has 1 aromatic heterocycles. The Morgan fingerprint density at radius 1 is 1.19 bits per heavy atom. The molecule has 0 aliphatic carbocycles. The zero-order valence-electron chi connectivity index (χ0n) is 14.6. The van der Waals surface area contributed by atoms with E-state index in [1.54, 1.807) is 19.1 Å². The Bertz CT molecular complexity index is 942. The largest absolute Gasteiger partial charge is 0.411 e. The Hall–Kier alpha value is -2.31. The van der Waals surface area contributed by atoms with Gasteiger partial charge in [-0.05, 0) is 50.6 Å². The Kier molecular flexibility index (Phi) is 5.64. The second-order valence-electron chi connectivity index (χ2n) is 5.90. The Labute approximate surface area is 161 Å². The van der Waals surface area contributed by atoms with Crippen LogP contribution in [-0.4, -0.2) is 21.4 Å². The molecule has 0 spiro atoms. The summed E-state index contributed by atoms with van der Waals surface area (Å²) in [6.45, 7) is 5.65. The lowest BCUT2D eigenvalue weighted by Crippen LogP contribution is -2.22. The fourth-order valence-corrected chi connectivity index (χ4v) is 3.19. The highest BCUT2D eigenvalue weighted by atomic mass is 35.5. The quantitative estimate of drug-likeness (QED) is 0.615. The summed E-state index contributed by atoms with van der Waals surface area (Å²) in [4.78, 5) is 12.4. The Morgan fingerprint density at radius 2 is 1.96 bits per heavy atom. The highest BCUT2D eigenvalue weighted by Crippen LogP contribution is 2.28. The van der Waals surface area contributed by atoms with Gasteiger partial charge in [0, 0.05) is 16.3 Å². The first kappa shape index (κ1) is 18.5. The molecule has 7 heteroatoms. The molecule has 5 nitrogen and oxygen atoms in total. The highest BCUT2D eigenvalue weighted by Gasteiger charge is 2.19. The molecule has 0 radical (unpaired) electrons. The number of nitrogens with zero attached hydrogens (tertiary/aromatic N) is 2. The minimum absolute atomic E-state index is 0.157. The van der Waals surface area contributed by atoms with Crippen molar-refractivity contribution < 1.29 is 9.21 Å². The number of thioether (sulfide) groups is 1. The van der Waals surface area contributed by atoms with E-state index in [0.717, 1.165) is 16.7 Å². The monoisotopic (exact) mass is 387 g/mol. The van der Waals surface area contributed by atoms with Gasteiger partial charge in [-0.1, -0.05) is 47.1 Å². The third-order valence-electron chi connectivity index (χ3n) is 3.84. The van der Waals surface area contributed by atoms with Crippen molar-refractivity contribution in [1.82, 2.24) is 10.2 Å². The number of nitrogens with one attached hydrogen (secondary N) is 1. The van der Waals surface area contributed by atoms with Crippen LogP contribution in [-0.2, 0) is 4.79 Å². The van der Waals surface area contributed by atoms with Gasteiger partial charge in [0.25, 0.3) is 5.22 Å². The van der Waals surface area contributed by atoms with Crippen molar-refractivity contribution in [2.24, 2.45) is 0 Å². The number of carbonyl (C=O) groups excluding carboxylic acids is 1. The highest BCUT2D eigenvalue weighted by molar-refractivity contribution is 8.00. The van der Waals surface area contributed by atoms with Gasteiger partial charge in [0.15, 0.2) is 0 Å². The van der Waals surface area contributed by atoms with Gasteiger partial charge in [-0.15, -0.1) is 10.2 Å². The lowest BCUT2D eigenvalue weighted by atomic mass is 10.1. The summed E-state index contributed by atoms with van der Waals surface area (Å²) in [5.41, 5.74) is 3.50. The van der Waals surface area contributed by atoms with E-state index in [1.165, 1.54) is 11.8 Å². The van der Waals surface area contributed by atoms with E-state index in [4.69, 9.17) is 16.0 Å². The van der Waals surface area contributed by atoms with Crippen LogP contribution >= 0.6 is 23.4 Å². The molecule has 134 valence electrons. The number of aryl methyl sites for hydroxylation is 1. The molecule has 0 unspecified atom stereocenters. The zero-order valence-corrected chi connectivity index (χ0v) is 16.2. The molecule has 0 saturated carbocycles. The maximum absolute atomic E-state index is 12.4. The molecule has 2 aromatic carbocycles. The van der Waals surface area contributed by atoms with Crippen LogP contribution in [0, 0.1) is 13.8 Å². The predicted octanol–water partition coefficient (Wildman–Crippen LogP) is 5.13. The van der Waals surface area contributed by atoms with Crippen LogP contribution in [0.3, 0.4) is 0 Å². The molecule has 1 amide bonds. The summed E-state index contributed by atoms with van der Waals surface area (Å²) < 4.78 is 5.68. The van der Waals surface area contributed by atoms with E-state index < -0.39 is 5.25 Å². The molecule has 1 heterocycles. The Balaban J connectivity index is 1.67. The van der Waals surface area contributed by atoms with Gasteiger partial charge in [0.1, 0.15) is 0 Å². The molecule has 0 fully saturated rings. The number of carbonyl (C=O) groups is 1. The van der Waals surface area contributed by atoms with Gasteiger partial charge < -0.3 is 9.73 Å². The molecule has 1 atom stereocenters. The summed E-state index contributed by atoms with van der Waals surface area (Å²) in [5.74, 6) is 0.283. The van der Waals surface area contributed by atoms with E-state index in [-0.39, 0.29) is 5.91 Å². The van der Waals surface area contributed by atoms with Crippen LogP contribution in [0.4, 0.5) is 5.69 Å². The van der Waals surface area contributed by atoms with E-state index in [0.29, 0.717) is 21.8 Å². The fourth-order valence-electron chi connectivity index (χ4n) is 2.33. The van der Waals surface area contributed by atoms with Crippen LogP contribution < -0.4 is 5.32 Å². The number of aromatic nitrogens is 2. The van der Waals surface area contributed by atoms with Crippen molar-refractivity contribution in [1.29, 1.82) is 0 Å². The van der Waals surface area contributed by atoms with Gasteiger partial charge in [-0.2, -0.15) is 0 Å². The molecule has 0 bridgehead atoms. The average molecular weight is 388 g/mol. The van der Waals surface area contributed by atoms with Crippen LogP contribution in [0.15, 0.2) is 52.1 Å². The molecule has 26 heavy (non-hydrogen) atoms. The number of rotatable bonds is 5. The number of hydrogen-bond acceptors (Lipinski definition) is 5. The van der Waals surface area contributed by atoms with Gasteiger partial charge in [-0.25, -0.2) is 0 Å². The van der Waals surface area contributed by atoms with Crippen molar-refractivity contribution in [2.75, 3.05) is 5.32 Å². The van der Waals surface area contributed by atoms with Gasteiger partial charge in [0.2, 0.25) is 11.8 Å². The minimum Gasteiger partial charge on any atom is -0.411 e. The third kappa shape index (κ3) is 4.26. The summed E-state index contributed by atoms with van der Waals surface area (Å²) in [6, 6.07) is 13.2. The maximum atomic E-state index is 12.4. The van der Waals surface area contributed by atoms with Crippen molar-refractivity contribution in [3.8, 4) is 11.5 Å². The first-order valence-electron chi connectivity index (χ1n) is 8.07. The summed E-state index contributed by atoms with van der Waals surface area (Å²) in [6.07, 6.45) is 0. The lowest BCUT2D eigenvalue weighted by Gasteiger charge is -2.12. The molecule has 0 aliphatic heterocycles. The number of hydrogen-bond donors (Lipinski definition) is 1. The van der Waals surface area contributed by atoms with Gasteiger partial charge in [-0.3, -0.25) is 4.79 Å². The number of halogens is 1. The molecule has 0 saturated heterocycles. The van der Waals surface area contributed by atoms with E-state index in [2.05, 4.69) is 15.5 Å². The average Bonchev–Trinajstić information content (AvgIpc) is 3.07. The Morgan fingerprint density at radius 3 is 2.73 bits per heavy atom. The second-order valence-corrected chi connectivity index (χ2v) is 7.60. The number of amides is 1. The van der Waals surface area contributed by atoms with E-state index in [9.17, 15) is 4.79 Å². The molecule has 0 aliphatic rings. The minimum atomic E-state index is -0.404. The number of anilines is 1. The molecule has 3 rings (SSSR count). The van der Waals surface area contributed by atoms with E-state index in [1.807, 2.05) is 44.2 Å². The van der Waals surface area contributed by atoms with E-state index >= 15 is 0 Å². The number of benzene rings is 2. The second kappa shape index (κ2) is 7.93.